The van der Waals surface area contributed by atoms with Crippen LogP contribution < -0.4 is 5.32 Å². The molecule has 5 nitrogen and oxygen atoms in total. The minimum atomic E-state index is -0.543. The fraction of sp³-hybridized carbons (Fsp3) is 0.545. The van der Waals surface area contributed by atoms with Crippen molar-refractivity contribution < 1.29 is 4.79 Å². The average molecular weight is 220 g/mol. The Balaban J connectivity index is 2.46. The summed E-state index contributed by atoms with van der Waals surface area (Å²) < 4.78 is 1.70. The summed E-state index contributed by atoms with van der Waals surface area (Å²) >= 11 is 0. The van der Waals surface area contributed by atoms with Crippen molar-refractivity contribution in [3.05, 3.63) is 18.0 Å². The topological polar surface area (TPSA) is 70.7 Å². The van der Waals surface area contributed by atoms with Gasteiger partial charge in [0.2, 0.25) is 5.91 Å². The van der Waals surface area contributed by atoms with Crippen LogP contribution >= 0.6 is 0 Å². The summed E-state index contributed by atoms with van der Waals surface area (Å²) in [5, 5.41) is 15.5. The lowest BCUT2D eigenvalue weighted by atomic mass is 10.1. The Morgan fingerprint density at radius 1 is 1.75 bits per heavy atom. The highest BCUT2D eigenvalue weighted by Gasteiger charge is 2.16. The number of nitrogens with zero attached hydrogens (tertiary/aromatic N) is 3. The molecule has 1 amide bonds. The molecule has 0 saturated carbocycles. The van der Waals surface area contributed by atoms with Crippen molar-refractivity contribution in [2.45, 2.75) is 26.3 Å². The summed E-state index contributed by atoms with van der Waals surface area (Å²) in [7, 11) is 1.81. The van der Waals surface area contributed by atoms with E-state index >= 15 is 0 Å². The zero-order valence-electron chi connectivity index (χ0n) is 9.60. The smallest absolute Gasteiger partial charge is 0.237 e. The van der Waals surface area contributed by atoms with E-state index in [0.29, 0.717) is 13.0 Å². The van der Waals surface area contributed by atoms with Crippen LogP contribution in [0, 0.1) is 17.2 Å². The zero-order chi connectivity index (χ0) is 12.0. The van der Waals surface area contributed by atoms with Gasteiger partial charge in [-0.3, -0.25) is 9.48 Å². The predicted octanol–water partition coefficient (Wildman–Crippen LogP) is 0.976. The van der Waals surface area contributed by atoms with Gasteiger partial charge in [-0.25, -0.2) is 0 Å². The molecule has 1 heterocycles. The van der Waals surface area contributed by atoms with Crippen molar-refractivity contribution in [1.82, 2.24) is 15.1 Å². The summed E-state index contributed by atoms with van der Waals surface area (Å²) in [6.07, 6.45) is 3.11. The van der Waals surface area contributed by atoms with Crippen molar-refractivity contribution in [3.8, 4) is 6.07 Å². The van der Waals surface area contributed by atoms with Crippen LogP contribution in [0.2, 0.25) is 0 Å². The van der Waals surface area contributed by atoms with Crippen LogP contribution in [-0.2, 0) is 18.4 Å². The van der Waals surface area contributed by atoms with Gasteiger partial charge < -0.3 is 5.32 Å². The fourth-order valence-electron chi connectivity index (χ4n) is 1.42. The molecule has 1 atom stereocenters. The molecule has 0 saturated heterocycles. The number of aromatic nitrogens is 2. The summed E-state index contributed by atoms with van der Waals surface area (Å²) in [4.78, 5) is 11.6. The first kappa shape index (κ1) is 12.2. The maximum absolute atomic E-state index is 11.6. The third kappa shape index (κ3) is 3.09. The molecule has 86 valence electrons. The Morgan fingerprint density at radius 3 is 3.00 bits per heavy atom. The number of amides is 1. The highest BCUT2D eigenvalue weighted by atomic mass is 16.1. The predicted molar refractivity (Wildman–Crippen MR) is 59.1 cm³/mol. The molecule has 1 rings (SSSR count). The molecule has 0 aliphatic heterocycles. The van der Waals surface area contributed by atoms with Crippen molar-refractivity contribution >= 4 is 5.91 Å². The van der Waals surface area contributed by atoms with Crippen LogP contribution in [0.4, 0.5) is 0 Å². The van der Waals surface area contributed by atoms with E-state index in [4.69, 9.17) is 5.26 Å². The molecule has 1 aromatic rings. The van der Waals surface area contributed by atoms with Gasteiger partial charge in [0.1, 0.15) is 5.92 Å². The highest BCUT2D eigenvalue weighted by Crippen LogP contribution is 2.05. The second-order valence-electron chi connectivity index (χ2n) is 3.63. The second-order valence-corrected chi connectivity index (χ2v) is 3.63. The number of aryl methyl sites for hydroxylation is 1. The lowest BCUT2D eigenvalue weighted by molar-refractivity contribution is -0.123. The van der Waals surface area contributed by atoms with Gasteiger partial charge in [-0.2, -0.15) is 10.4 Å². The maximum Gasteiger partial charge on any atom is 0.237 e. The van der Waals surface area contributed by atoms with Crippen LogP contribution in [0.25, 0.3) is 0 Å². The van der Waals surface area contributed by atoms with Gasteiger partial charge in [-0.05, 0) is 12.5 Å². The molecule has 0 spiro atoms. The summed E-state index contributed by atoms with van der Waals surface area (Å²) in [5.41, 5.74) is 0.918. The molecular formula is C11H16N4O. The van der Waals surface area contributed by atoms with Crippen LogP contribution in [0.1, 0.15) is 25.5 Å². The van der Waals surface area contributed by atoms with Gasteiger partial charge in [0, 0.05) is 13.2 Å². The number of carbonyl (C=O) groups excluding carboxylic acids is 1. The molecule has 16 heavy (non-hydrogen) atoms. The highest BCUT2D eigenvalue weighted by molar-refractivity contribution is 5.80. The minimum Gasteiger partial charge on any atom is -0.349 e. The first-order valence-electron chi connectivity index (χ1n) is 5.33. The van der Waals surface area contributed by atoms with Crippen molar-refractivity contribution in [2.75, 3.05) is 0 Å². The van der Waals surface area contributed by atoms with Crippen molar-refractivity contribution in [1.29, 1.82) is 5.26 Å². The molecule has 5 heteroatoms. The Kier molecular flexibility index (Phi) is 4.52. The summed E-state index contributed by atoms with van der Waals surface area (Å²) in [6, 6.07) is 3.85. The number of hydrogen-bond donors (Lipinski definition) is 1. The van der Waals surface area contributed by atoms with Gasteiger partial charge >= 0.3 is 0 Å². The van der Waals surface area contributed by atoms with Crippen molar-refractivity contribution in [3.63, 3.8) is 0 Å². The third-order valence-corrected chi connectivity index (χ3v) is 2.42. The van der Waals surface area contributed by atoms with E-state index in [1.54, 1.807) is 10.9 Å². The first-order chi connectivity index (χ1) is 7.69. The SMILES string of the molecule is CCCC(C#N)C(=O)NCc1ccnn1C. The molecular weight excluding hydrogens is 204 g/mol. The summed E-state index contributed by atoms with van der Waals surface area (Å²) in [5.74, 6) is -0.747. The lowest BCUT2D eigenvalue weighted by Gasteiger charge is -2.09. The monoisotopic (exact) mass is 220 g/mol. The molecule has 0 aliphatic carbocycles. The number of carbonyl (C=O) groups is 1. The molecule has 0 bridgehead atoms. The molecule has 1 unspecified atom stereocenters. The average Bonchev–Trinajstić information content (AvgIpc) is 2.68. The minimum absolute atomic E-state index is 0.203. The Bertz CT molecular complexity index is 391. The largest absolute Gasteiger partial charge is 0.349 e. The van der Waals surface area contributed by atoms with Crippen LogP contribution in [0.3, 0.4) is 0 Å². The molecule has 1 N–H and O–H groups in total. The third-order valence-electron chi connectivity index (χ3n) is 2.42. The quantitative estimate of drug-likeness (QED) is 0.804. The van der Waals surface area contributed by atoms with E-state index < -0.39 is 5.92 Å². The van der Waals surface area contributed by atoms with E-state index in [0.717, 1.165) is 12.1 Å². The number of nitrogens with one attached hydrogen (secondary N) is 1. The lowest BCUT2D eigenvalue weighted by Crippen LogP contribution is -2.30. The van der Waals surface area contributed by atoms with E-state index in [2.05, 4.69) is 10.4 Å². The van der Waals surface area contributed by atoms with E-state index in [1.165, 1.54) is 0 Å². The molecule has 0 aromatic carbocycles. The second kappa shape index (κ2) is 5.91. The fourth-order valence-corrected chi connectivity index (χ4v) is 1.42. The Hall–Kier alpha value is -1.83. The number of nitriles is 1. The Labute approximate surface area is 95.1 Å². The standard InChI is InChI=1S/C11H16N4O/c1-3-4-9(7-12)11(16)13-8-10-5-6-14-15(10)2/h5-6,9H,3-4,8H2,1-2H3,(H,13,16). The molecule has 1 aromatic heterocycles. The van der Waals surface area contributed by atoms with Crippen LogP contribution in [0.5, 0.6) is 0 Å². The Morgan fingerprint density at radius 2 is 2.50 bits per heavy atom. The normalized spacial score (nSPS) is 11.8. The van der Waals surface area contributed by atoms with E-state index in [1.807, 2.05) is 26.1 Å². The van der Waals surface area contributed by atoms with Gasteiger partial charge in [0.05, 0.1) is 18.3 Å². The van der Waals surface area contributed by atoms with Gasteiger partial charge in [-0.15, -0.1) is 0 Å². The van der Waals surface area contributed by atoms with Gasteiger partial charge in [-0.1, -0.05) is 13.3 Å². The molecule has 0 radical (unpaired) electrons. The maximum atomic E-state index is 11.6. The van der Waals surface area contributed by atoms with Crippen molar-refractivity contribution in [2.24, 2.45) is 13.0 Å². The number of hydrogen-bond acceptors (Lipinski definition) is 3. The van der Waals surface area contributed by atoms with E-state index in [9.17, 15) is 4.79 Å². The zero-order valence-corrected chi connectivity index (χ0v) is 9.60. The van der Waals surface area contributed by atoms with E-state index in [-0.39, 0.29) is 5.91 Å². The van der Waals surface area contributed by atoms with Gasteiger partial charge in [0.15, 0.2) is 0 Å². The number of rotatable bonds is 5. The van der Waals surface area contributed by atoms with Gasteiger partial charge in [0.25, 0.3) is 0 Å². The van der Waals surface area contributed by atoms with Crippen LogP contribution in [-0.4, -0.2) is 15.7 Å². The van der Waals surface area contributed by atoms with Crippen LogP contribution in [0.15, 0.2) is 12.3 Å². The molecule has 0 fully saturated rings. The molecule has 0 aliphatic rings. The summed E-state index contributed by atoms with van der Waals surface area (Å²) in [6.45, 7) is 2.37. The first-order valence-corrected chi connectivity index (χ1v) is 5.33.